The Kier molecular flexibility index (Phi) is 4.61. The van der Waals surface area contributed by atoms with Crippen molar-refractivity contribution in [3.63, 3.8) is 0 Å². The van der Waals surface area contributed by atoms with Crippen LogP contribution in [0.1, 0.15) is 24.6 Å². The highest BCUT2D eigenvalue weighted by atomic mass is 35.5. The highest BCUT2D eigenvalue weighted by molar-refractivity contribution is 6.30. The monoisotopic (exact) mass is 249 g/mol. The predicted molar refractivity (Wildman–Crippen MR) is 54.5 cm³/mol. The normalized spacial score (nSPS) is 10.6. The van der Waals surface area contributed by atoms with E-state index in [1.54, 1.807) is 6.92 Å². The van der Waals surface area contributed by atoms with E-state index in [0.29, 0.717) is 0 Å². The van der Waals surface area contributed by atoms with E-state index in [9.17, 15) is 13.6 Å². The Morgan fingerprint density at radius 3 is 2.88 bits per heavy atom. The summed E-state index contributed by atoms with van der Waals surface area (Å²) in [6.45, 7) is 1.84. The predicted octanol–water partition coefficient (Wildman–Crippen LogP) is 2.78. The summed E-state index contributed by atoms with van der Waals surface area (Å²) in [5, 5.41) is 0.114. The van der Waals surface area contributed by atoms with E-state index in [0.717, 1.165) is 6.07 Å². The molecule has 3 nitrogen and oxygen atoms in total. The van der Waals surface area contributed by atoms with E-state index < -0.39 is 12.4 Å². The van der Waals surface area contributed by atoms with Gasteiger partial charge in [0.2, 0.25) is 0 Å². The lowest BCUT2D eigenvalue weighted by Gasteiger charge is -2.07. The smallest absolute Gasteiger partial charge is 0.311 e. The maximum Gasteiger partial charge on any atom is 0.311 e. The first-order valence-electron chi connectivity index (χ1n) is 4.62. The first-order chi connectivity index (χ1) is 7.54. The number of carbonyl (C=O) groups is 1. The molecule has 0 atom stereocenters. The molecule has 1 heterocycles. The van der Waals surface area contributed by atoms with Gasteiger partial charge in [-0.1, -0.05) is 11.6 Å². The average molecular weight is 250 g/mol. The van der Waals surface area contributed by atoms with E-state index >= 15 is 0 Å². The number of hydrogen-bond acceptors (Lipinski definition) is 3. The fourth-order valence-electron chi connectivity index (χ4n) is 1.17. The highest BCUT2D eigenvalue weighted by Gasteiger charge is 2.17. The topological polar surface area (TPSA) is 39.2 Å². The molecule has 0 amide bonds. The second-order valence-electron chi connectivity index (χ2n) is 2.97. The molecule has 0 spiro atoms. The average Bonchev–Trinajstić information content (AvgIpc) is 2.20. The molecular weight excluding hydrogens is 240 g/mol. The summed E-state index contributed by atoms with van der Waals surface area (Å²) in [4.78, 5) is 14.8. The molecule has 16 heavy (non-hydrogen) atoms. The molecule has 0 aliphatic heterocycles. The van der Waals surface area contributed by atoms with Gasteiger partial charge in [0.05, 0.1) is 23.7 Å². The number of rotatable bonds is 4. The molecular formula is C10H10ClF2NO2. The van der Waals surface area contributed by atoms with E-state index in [1.165, 1.54) is 6.20 Å². The third kappa shape index (κ3) is 3.41. The third-order valence-electron chi connectivity index (χ3n) is 1.82. The lowest BCUT2D eigenvalue weighted by Crippen LogP contribution is -2.11. The van der Waals surface area contributed by atoms with Gasteiger partial charge in [0.25, 0.3) is 6.43 Å². The van der Waals surface area contributed by atoms with Gasteiger partial charge in [-0.15, -0.1) is 0 Å². The van der Waals surface area contributed by atoms with Crippen LogP contribution in [0.3, 0.4) is 0 Å². The van der Waals surface area contributed by atoms with Crippen LogP contribution >= 0.6 is 11.6 Å². The minimum atomic E-state index is -2.71. The molecule has 1 aromatic heterocycles. The van der Waals surface area contributed by atoms with Gasteiger partial charge in [-0.25, -0.2) is 8.78 Å². The number of nitrogens with zero attached hydrogens (tertiary/aromatic N) is 1. The molecule has 0 unspecified atom stereocenters. The van der Waals surface area contributed by atoms with Crippen molar-refractivity contribution in [2.75, 3.05) is 6.61 Å². The molecule has 0 aliphatic rings. The Bertz CT molecular complexity index is 385. The number of alkyl halides is 2. The zero-order chi connectivity index (χ0) is 12.1. The van der Waals surface area contributed by atoms with Crippen LogP contribution in [-0.4, -0.2) is 17.6 Å². The largest absolute Gasteiger partial charge is 0.466 e. The number of pyridine rings is 1. The number of aromatic nitrogens is 1. The molecule has 0 saturated heterocycles. The molecule has 0 radical (unpaired) electrons. The van der Waals surface area contributed by atoms with Gasteiger partial charge in [-0.3, -0.25) is 9.78 Å². The van der Waals surface area contributed by atoms with Crippen molar-refractivity contribution in [2.45, 2.75) is 19.8 Å². The van der Waals surface area contributed by atoms with Gasteiger partial charge in [-0.05, 0) is 13.0 Å². The van der Waals surface area contributed by atoms with E-state index in [1.807, 2.05) is 0 Å². The minimum absolute atomic E-state index is 0.00199. The van der Waals surface area contributed by atoms with Gasteiger partial charge < -0.3 is 4.74 Å². The van der Waals surface area contributed by atoms with Crippen LogP contribution in [0.2, 0.25) is 5.02 Å². The van der Waals surface area contributed by atoms with Crippen LogP contribution in [0.25, 0.3) is 0 Å². The van der Waals surface area contributed by atoms with Crippen LogP contribution in [0.15, 0.2) is 12.3 Å². The van der Waals surface area contributed by atoms with Crippen molar-refractivity contribution < 1.29 is 18.3 Å². The fourth-order valence-corrected chi connectivity index (χ4v) is 1.33. The Labute approximate surface area is 96.4 Å². The molecule has 0 aliphatic carbocycles. The Morgan fingerprint density at radius 1 is 1.62 bits per heavy atom. The Hall–Kier alpha value is -1.23. The molecule has 1 aromatic rings. The molecule has 0 N–H and O–H groups in total. The standard InChI is InChI=1S/C10H10ClF2NO2/c1-2-16-9(15)4-8-7(10(12)13)3-6(11)5-14-8/h3,5,10H,2,4H2,1H3. The van der Waals surface area contributed by atoms with Gasteiger partial charge in [0.15, 0.2) is 0 Å². The van der Waals surface area contributed by atoms with Crippen molar-refractivity contribution in [1.82, 2.24) is 4.98 Å². The minimum Gasteiger partial charge on any atom is -0.466 e. The van der Waals surface area contributed by atoms with E-state index in [4.69, 9.17) is 11.6 Å². The van der Waals surface area contributed by atoms with Crippen LogP contribution < -0.4 is 0 Å². The summed E-state index contributed by atoms with van der Waals surface area (Å²) in [5.74, 6) is -0.584. The van der Waals surface area contributed by atoms with Gasteiger partial charge in [0, 0.05) is 11.8 Å². The number of carbonyl (C=O) groups excluding carboxylic acids is 1. The van der Waals surface area contributed by atoms with Crippen molar-refractivity contribution in [1.29, 1.82) is 0 Å². The SMILES string of the molecule is CCOC(=O)Cc1ncc(Cl)cc1C(F)F. The molecule has 0 aromatic carbocycles. The van der Waals surface area contributed by atoms with Crippen molar-refractivity contribution in [3.05, 3.63) is 28.5 Å². The first kappa shape index (κ1) is 12.8. The molecule has 0 fully saturated rings. The molecule has 88 valence electrons. The van der Waals surface area contributed by atoms with Crippen LogP contribution in [-0.2, 0) is 16.0 Å². The number of ether oxygens (including phenoxy) is 1. The van der Waals surface area contributed by atoms with Crippen molar-refractivity contribution in [3.8, 4) is 0 Å². The van der Waals surface area contributed by atoms with Gasteiger partial charge in [0.1, 0.15) is 0 Å². The molecule has 1 rings (SSSR count). The number of hydrogen-bond donors (Lipinski definition) is 0. The lowest BCUT2D eigenvalue weighted by atomic mass is 10.1. The second-order valence-corrected chi connectivity index (χ2v) is 3.41. The maximum atomic E-state index is 12.6. The zero-order valence-electron chi connectivity index (χ0n) is 8.54. The van der Waals surface area contributed by atoms with Gasteiger partial charge in [-0.2, -0.15) is 0 Å². The summed E-state index contributed by atoms with van der Waals surface area (Å²) < 4.78 is 29.8. The van der Waals surface area contributed by atoms with E-state index in [2.05, 4.69) is 9.72 Å². The Balaban J connectivity index is 2.90. The van der Waals surface area contributed by atoms with Crippen molar-refractivity contribution >= 4 is 17.6 Å². The fraction of sp³-hybridized carbons (Fsp3) is 0.400. The third-order valence-corrected chi connectivity index (χ3v) is 2.03. The molecule has 0 bridgehead atoms. The Morgan fingerprint density at radius 2 is 2.31 bits per heavy atom. The zero-order valence-corrected chi connectivity index (χ0v) is 9.30. The summed E-state index contributed by atoms with van der Waals surface area (Å²) in [6, 6.07) is 1.10. The lowest BCUT2D eigenvalue weighted by molar-refractivity contribution is -0.142. The second kappa shape index (κ2) is 5.75. The van der Waals surface area contributed by atoms with Crippen LogP contribution in [0, 0.1) is 0 Å². The van der Waals surface area contributed by atoms with Crippen molar-refractivity contribution in [2.24, 2.45) is 0 Å². The summed E-state index contributed by atoms with van der Waals surface area (Å²) >= 11 is 5.55. The maximum absolute atomic E-state index is 12.6. The van der Waals surface area contributed by atoms with Crippen LogP contribution in [0.5, 0.6) is 0 Å². The number of halogens is 3. The molecule has 6 heteroatoms. The molecule has 0 saturated carbocycles. The first-order valence-corrected chi connectivity index (χ1v) is 5.00. The highest BCUT2D eigenvalue weighted by Crippen LogP contribution is 2.24. The van der Waals surface area contributed by atoms with Crippen LogP contribution in [0.4, 0.5) is 8.78 Å². The summed E-state index contributed by atoms with van der Waals surface area (Å²) in [5.41, 5.74) is -0.335. The van der Waals surface area contributed by atoms with E-state index in [-0.39, 0.29) is 29.3 Å². The van der Waals surface area contributed by atoms with Gasteiger partial charge >= 0.3 is 5.97 Å². The quantitative estimate of drug-likeness (QED) is 0.771. The number of esters is 1. The summed E-state index contributed by atoms with van der Waals surface area (Å²) in [7, 11) is 0. The summed E-state index contributed by atoms with van der Waals surface area (Å²) in [6.07, 6.45) is -1.76.